The van der Waals surface area contributed by atoms with Gasteiger partial charge in [-0.3, -0.25) is 0 Å². The van der Waals surface area contributed by atoms with E-state index in [2.05, 4.69) is 31.7 Å². The number of aryl methyl sites for hydroxylation is 1. The lowest BCUT2D eigenvalue weighted by Gasteiger charge is -2.21. The van der Waals surface area contributed by atoms with E-state index in [9.17, 15) is 0 Å². The third-order valence-corrected chi connectivity index (χ3v) is 3.53. The molecule has 18 heavy (non-hydrogen) atoms. The summed E-state index contributed by atoms with van der Waals surface area (Å²) in [4.78, 5) is 2.40. The van der Waals surface area contributed by atoms with Gasteiger partial charge in [0.05, 0.1) is 7.11 Å². The zero-order chi connectivity index (χ0) is 13.5. The van der Waals surface area contributed by atoms with Crippen LogP contribution >= 0.6 is 0 Å². The van der Waals surface area contributed by atoms with Crippen LogP contribution in [-0.2, 0) is 0 Å². The zero-order valence-corrected chi connectivity index (χ0v) is 12.1. The predicted molar refractivity (Wildman–Crippen MR) is 77.1 cm³/mol. The van der Waals surface area contributed by atoms with Crippen LogP contribution in [0.5, 0.6) is 5.75 Å². The summed E-state index contributed by atoms with van der Waals surface area (Å²) >= 11 is 0. The number of ether oxygens (including phenoxy) is 1. The molecule has 0 fully saturated rings. The van der Waals surface area contributed by atoms with Crippen LogP contribution in [-0.4, -0.2) is 31.6 Å². The lowest BCUT2D eigenvalue weighted by atomic mass is 9.99. The number of nitrogens with zero attached hydrogens (tertiary/aromatic N) is 1. The second-order valence-electron chi connectivity index (χ2n) is 4.64. The first-order valence-corrected chi connectivity index (χ1v) is 6.74. The fourth-order valence-electron chi connectivity index (χ4n) is 2.21. The molecule has 0 amide bonds. The lowest BCUT2D eigenvalue weighted by molar-refractivity contribution is 0.290. The van der Waals surface area contributed by atoms with E-state index >= 15 is 0 Å². The van der Waals surface area contributed by atoms with Crippen molar-refractivity contribution in [3.05, 3.63) is 29.3 Å². The van der Waals surface area contributed by atoms with Crippen molar-refractivity contribution in [2.75, 3.05) is 26.7 Å². The summed E-state index contributed by atoms with van der Waals surface area (Å²) in [5.41, 5.74) is 8.71. The minimum Gasteiger partial charge on any atom is -0.497 e. The van der Waals surface area contributed by atoms with Crippen molar-refractivity contribution < 1.29 is 4.74 Å². The molecule has 3 heteroatoms. The summed E-state index contributed by atoms with van der Waals surface area (Å²) in [7, 11) is 1.69. The maximum Gasteiger partial charge on any atom is 0.119 e. The molecule has 3 nitrogen and oxygen atoms in total. The van der Waals surface area contributed by atoms with Crippen LogP contribution in [0.3, 0.4) is 0 Å². The van der Waals surface area contributed by atoms with Gasteiger partial charge in [-0.2, -0.15) is 0 Å². The van der Waals surface area contributed by atoms with Crippen molar-refractivity contribution in [1.82, 2.24) is 4.90 Å². The SMILES string of the molecule is CCN(CC)CCC(N)c1ccc(OC)cc1C. The van der Waals surface area contributed by atoms with E-state index in [4.69, 9.17) is 10.5 Å². The summed E-state index contributed by atoms with van der Waals surface area (Å²) < 4.78 is 5.21. The van der Waals surface area contributed by atoms with Gasteiger partial charge in [0.1, 0.15) is 5.75 Å². The van der Waals surface area contributed by atoms with E-state index in [1.165, 1.54) is 11.1 Å². The van der Waals surface area contributed by atoms with Crippen molar-refractivity contribution in [3.8, 4) is 5.75 Å². The van der Waals surface area contributed by atoms with Crippen LogP contribution in [0, 0.1) is 6.92 Å². The van der Waals surface area contributed by atoms with Crippen LogP contribution in [0.2, 0.25) is 0 Å². The summed E-state index contributed by atoms with van der Waals surface area (Å²) in [6.07, 6.45) is 0.995. The highest BCUT2D eigenvalue weighted by Crippen LogP contribution is 2.23. The first-order valence-electron chi connectivity index (χ1n) is 6.74. The lowest BCUT2D eigenvalue weighted by Crippen LogP contribution is -2.27. The summed E-state index contributed by atoms with van der Waals surface area (Å²) in [5, 5.41) is 0. The Bertz CT molecular complexity index is 362. The molecular formula is C15H26N2O. The van der Waals surface area contributed by atoms with E-state index in [1.807, 2.05) is 12.1 Å². The molecule has 0 saturated carbocycles. The molecule has 2 N–H and O–H groups in total. The van der Waals surface area contributed by atoms with Crippen LogP contribution in [0.15, 0.2) is 18.2 Å². The minimum absolute atomic E-state index is 0.108. The van der Waals surface area contributed by atoms with Gasteiger partial charge in [-0.1, -0.05) is 19.9 Å². The fourth-order valence-corrected chi connectivity index (χ4v) is 2.21. The Labute approximate surface area is 111 Å². The van der Waals surface area contributed by atoms with Gasteiger partial charge in [-0.15, -0.1) is 0 Å². The minimum atomic E-state index is 0.108. The highest BCUT2D eigenvalue weighted by Gasteiger charge is 2.11. The van der Waals surface area contributed by atoms with Crippen LogP contribution in [0.1, 0.15) is 37.4 Å². The first kappa shape index (κ1) is 15.0. The molecule has 0 spiro atoms. The first-order chi connectivity index (χ1) is 8.62. The molecule has 0 bridgehead atoms. The van der Waals surface area contributed by atoms with Crippen molar-refractivity contribution in [2.24, 2.45) is 5.73 Å². The Balaban J connectivity index is 2.63. The Morgan fingerprint density at radius 3 is 2.44 bits per heavy atom. The van der Waals surface area contributed by atoms with Gasteiger partial charge in [0.15, 0.2) is 0 Å². The number of nitrogens with two attached hydrogens (primary N) is 1. The third-order valence-electron chi connectivity index (χ3n) is 3.53. The molecular weight excluding hydrogens is 224 g/mol. The molecule has 0 radical (unpaired) electrons. The van der Waals surface area contributed by atoms with Gasteiger partial charge >= 0.3 is 0 Å². The molecule has 1 rings (SSSR count). The summed E-state index contributed by atoms with van der Waals surface area (Å²) in [6, 6.07) is 6.23. The predicted octanol–water partition coefficient (Wildman–Crippen LogP) is 2.74. The molecule has 0 aliphatic rings. The highest BCUT2D eigenvalue weighted by atomic mass is 16.5. The van der Waals surface area contributed by atoms with Crippen molar-refractivity contribution in [3.63, 3.8) is 0 Å². The fraction of sp³-hybridized carbons (Fsp3) is 0.600. The van der Waals surface area contributed by atoms with E-state index in [0.29, 0.717) is 0 Å². The number of methoxy groups -OCH3 is 1. The standard InChI is InChI=1S/C15H26N2O/c1-5-17(6-2)10-9-15(16)14-8-7-13(18-4)11-12(14)3/h7-8,11,15H,5-6,9-10,16H2,1-4H3. The van der Waals surface area contributed by atoms with E-state index in [1.54, 1.807) is 7.11 Å². The topological polar surface area (TPSA) is 38.5 Å². The van der Waals surface area contributed by atoms with Crippen LogP contribution < -0.4 is 10.5 Å². The molecule has 1 unspecified atom stereocenters. The second-order valence-corrected chi connectivity index (χ2v) is 4.64. The molecule has 1 atom stereocenters. The van der Waals surface area contributed by atoms with E-state index in [0.717, 1.165) is 31.8 Å². The Hall–Kier alpha value is -1.06. The van der Waals surface area contributed by atoms with E-state index in [-0.39, 0.29) is 6.04 Å². The smallest absolute Gasteiger partial charge is 0.119 e. The molecule has 0 saturated heterocycles. The average molecular weight is 250 g/mol. The Morgan fingerprint density at radius 1 is 1.28 bits per heavy atom. The van der Waals surface area contributed by atoms with Crippen molar-refractivity contribution in [1.29, 1.82) is 0 Å². The molecule has 102 valence electrons. The molecule has 0 aromatic heterocycles. The van der Waals surface area contributed by atoms with Gasteiger partial charge in [-0.05, 0) is 56.2 Å². The molecule has 1 aromatic rings. The quantitative estimate of drug-likeness (QED) is 0.808. The van der Waals surface area contributed by atoms with Gasteiger partial charge in [-0.25, -0.2) is 0 Å². The second kappa shape index (κ2) is 7.39. The summed E-state index contributed by atoms with van der Waals surface area (Å²) in [5.74, 6) is 0.896. The normalized spacial score (nSPS) is 12.8. The largest absolute Gasteiger partial charge is 0.497 e. The van der Waals surface area contributed by atoms with Crippen molar-refractivity contribution >= 4 is 0 Å². The zero-order valence-electron chi connectivity index (χ0n) is 12.1. The van der Waals surface area contributed by atoms with Crippen LogP contribution in [0.25, 0.3) is 0 Å². The van der Waals surface area contributed by atoms with Gasteiger partial charge in [0.25, 0.3) is 0 Å². The van der Waals surface area contributed by atoms with Gasteiger partial charge in [0.2, 0.25) is 0 Å². The van der Waals surface area contributed by atoms with E-state index < -0.39 is 0 Å². The number of benzene rings is 1. The number of hydrogen-bond donors (Lipinski definition) is 1. The third kappa shape index (κ3) is 4.00. The van der Waals surface area contributed by atoms with Gasteiger partial charge < -0.3 is 15.4 Å². The monoisotopic (exact) mass is 250 g/mol. The maximum atomic E-state index is 6.28. The Kier molecular flexibility index (Phi) is 6.16. The number of hydrogen-bond acceptors (Lipinski definition) is 3. The molecule has 0 heterocycles. The Morgan fingerprint density at radius 2 is 1.94 bits per heavy atom. The highest BCUT2D eigenvalue weighted by molar-refractivity contribution is 5.36. The molecule has 0 aliphatic heterocycles. The molecule has 0 aliphatic carbocycles. The van der Waals surface area contributed by atoms with Crippen molar-refractivity contribution in [2.45, 2.75) is 33.2 Å². The average Bonchev–Trinajstić information content (AvgIpc) is 2.39. The van der Waals surface area contributed by atoms with Crippen LogP contribution in [0.4, 0.5) is 0 Å². The molecule has 1 aromatic carbocycles. The maximum absolute atomic E-state index is 6.28. The summed E-state index contributed by atoms with van der Waals surface area (Å²) in [6.45, 7) is 9.70. The number of rotatable bonds is 7. The van der Waals surface area contributed by atoms with Gasteiger partial charge in [0, 0.05) is 6.04 Å².